The van der Waals surface area contributed by atoms with Gasteiger partial charge in [-0.1, -0.05) is 30.3 Å². The Hall–Kier alpha value is -1.35. The van der Waals surface area contributed by atoms with Crippen molar-refractivity contribution in [3.63, 3.8) is 0 Å². The maximum Gasteiger partial charge on any atom is 0.245 e. The molecule has 1 amide bonds. The van der Waals surface area contributed by atoms with Gasteiger partial charge in [-0.2, -0.15) is 0 Å². The van der Waals surface area contributed by atoms with Gasteiger partial charge in [-0.25, -0.2) is 0 Å². The Morgan fingerprint density at radius 1 is 1.19 bits per heavy atom. The summed E-state index contributed by atoms with van der Waals surface area (Å²) in [5.41, 5.74) is 1.08. The predicted octanol–water partition coefficient (Wildman–Crippen LogP) is 1.67. The Morgan fingerprint density at radius 3 is 2.56 bits per heavy atom. The largest absolute Gasteiger partial charge is 0.325 e. The van der Waals surface area contributed by atoms with Crippen LogP contribution < -0.4 is 5.32 Å². The van der Waals surface area contributed by atoms with E-state index in [-0.39, 0.29) is 11.9 Å². The summed E-state index contributed by atoms with van der Waals surface area (Å²) >= 11 is 0. The molecule has 0 bridgehead atoms. The van der Waals surface area contributed by atoms with E-state index in [4.69, 9.17) is 0 Å². The van der Waals surface area contributed by atoms with Gasteiger partial charge in [0.05, 0.1) is 6.67 Å². The van der Waals surface area contributed by atoms with Crippen LogP contribution in [0, 0.1) is 0 Å². The van der Waals surface area contributed by atoms with Crippen molar-refractivity contribution in [3.8, 4) is 0 Å². The second-order valence-electron chi connectivity index (χ2n) is 4.60. The van der Waals surface area contributed by atoms with Gasteiger partial charge < -0.3 is 4.90 Å². The maximum atomic E-state index is 12.2. The fourth-order valence-electron chi connectivity index (χ4n) is 2.43. The van der Waals surface area contributed by atoms with E-state index in [1.54, 1.807) is 0 Å². The number of amides is 1. The van der Waals surface area contributed by atoms with E-state index in [2.05, 4.69) is 5.32 Å². The lowest BCUT2D eigenvalue weighted by Crippen LogP contribution is -2.41. The Balaban J connectivity index is 1.77. The molecule has 2 fully saturated rings. The van der Waals surface area contributed by atoms with Gasteiger partial charge >= 0.3 is 0 Å². The summed E-state index contributed by atoms with van der Waals surface area (Å²) in [5, 5.41) is 3.30. The molecule has 1 aliphatic carbocycles. The molecule has 1 aromatic rings. The van der Waals surface area contributed by atoms with E-state index < -0.39 is 0 Å². The highest BCUT2D eigenvalue weighted by molar-refractivity contribution is 5.85. The van der Waals surface area contributed by atoms with Crippen LogP contribution in [0.15, 0.2) is 30.3 Å². The smallest absolute Gasteiger partial charge is 0.245 e. The lowest BCUT2D eigenvalue weighted by molar-refractivity contribution is -0.132. The minimum absolute atomic E-state index is 0.123. The minimum atomic E-state index is -0.123. The van der Waals surface area contributed by atoms with Crippen LogP contribution in [0.4, 0.5) is 0 Å². The molecule has 0 radical (unpaired) electrons. The number of nitrogens with zero attached hydrogens (tertiary/aromatic N) is 1. The molecule has 3 heteroatoms. The van der Waals surface area contributed by atoms with Crippen LogP contribution in [0.2, 0.25) is 0 Å². The van der Waals surface area contributed by atoms with E-state index in [0.29, 0.717) is 12.7 Å². The first-order valence-electron chi connectivity index (χ1n) is 5.95. The summed E-state index contributed by atoms with van der Waals surface area (Å²) in [7, 11) is 0. The summed E-state index contributed by atoms with van der Waals surface area (Å²) in [5.74, 6) is 0.246. The topological polar surface area (TPSA) is 32.3 Å². The van der Waals surface area contributed by atoms with Gasteiger partial charge in [0.1, 0.15) is 6.04 Å². The first kappa shape index (κ1) is 9.85. The summed E-state index contributed by atoms with van der Waals surface area (Å²) in [6, 6.07) is 10.3. The van der Waals surface area contributed by atoms with Crippen LogP contribution in [0.3, 0.4) is 0 Å². The van der Waals surface area contributed by atoms with Crippen molar-refractivity contribution in [3.05, 3.63) is 35.9 Å². The third kappa shape index (κ3) is 1.52. The van der Waals surface area contributed by atoms with Crippen LogP contribution in [0.1, 0.15) is 30.9 Å². The van der Waals surface area contributed by atoms with Gasteiger partial charge in [0, 0.05) is 6.04 Å². The summed E-state index contributed by atoms with van der Waals surface area (Å²) in [6.07, 6.45) is 3.62. The molecule has 3 nitrogen and oxygen atoms in total. The van der Waals surface area contributed by atoms with Crippen LogP contribution in [-0.2, 0) is 4.79 Å². The molecule has 1 aromatic carbocycles. The standard InChI is InChI=1S/C13H16N2O/c16-13-12(10-5-2-1-3-6-10)14-9-15(13)11-7-4-8-11/h1-3,5-6,11-12,14H,4,7-9H2. The van der Waals surface area contributed by atoms with Crippen LogP contribution in [-0.4, -0.2) is 23.5 Å². The summed E-state index contributed by atoms with van der Waals surface area (Å²) in [6.45, 7) is 0.711. The summed E-state index contributed by atoms with van der Waals surface area (Å²) in [4.78, 5) is 14.2. The first-order chi connectivity index (χ1) is 7.86. The van der Waals surface area contributed by atoms with Crippen molar-refractivity contribution in [2.75, 3.05) is 6.67 Å². The van der Waals surface area contributed by atoms with Gasteiger partial charge in [-0.05, 0) is 24.8 Å². The second-order valence-corrected chi connectivity index (χ2v) is 4.60. The number of benzene rings is 1. The number of hydrogen-bond donors (Lipinski definition) is 1. The predicted molar refractivity (Wildman–Crippen MR) is 61.7 cm³/mol. The second kappa shape index (κ2) is 3.91. The summed E-state index contributed by atoms with van der Waals surface area (Å²) < 4.78 is 0. The van der Waals surface area contributed by atoms with Crippen LogP contribution >= 0.6 is 0 Å². The quantitative estimate of drug-likeness (QED) is 0.815. The molecule has 0 aromatic heterocycles. The SMILES string of the molecule is O=C1C(c2ccccc2)NCN1C1CCC1. The van der Waals surface area contributed by atoms with Gasteiger partial charge in [-0.15, -0.1) is 0 Å². The molecule has 1 heterocycles. The third-order valence-electron chi connectivity index (χ3n) is 3.64. The number of carbonyl (C=O) groups is 1. The minimum Gasteiger partial charge on any atom is -0.325 e. The highest BCUT2D eigenvalue weighted by Gasteiger charge is 2.38. The van der Waals surface area contributed by atoms with Gasteiger partial charge in [-0.3, -0.25) is 10.1 Å². The molecule has 1 saturated carbocycles. The van der Waals surface area contributed by atoms with E-state index in [1.807, 2.05) is 35.2 Å². The lowest BCUT2D eigenvalue weighted by Gasteiger charge is -2.34. The third-order valence-corrected chi connectivity index (χ3v) is 3.64. The normalized spacial score (nSPS) is 25.9. The Labute approximate surface area is 95.4 Å². The average molecular weight is 216 g/mol. The Bertz CT molecular complexity index is 386. The molecular weight excluding hydrogens is 200 g/mol. The van der Waals surface area contributed by atoms with Crippen molar-refractivity contribution in [2.24, 2.45) is 0 Å². The van der Waals surface area contributed by atoms with Gasteiger partial charge in [0.2, 0.25) is 5.91 Å². The zero-order valence-electron chi connectivity index (χ0n) is 9.23. The highest BCUT2D eigenvalue weighted by atomic mass is 16.2. The average Bonchev–Trinajstić information content (AvgIpc) is 2.60. The van der Waals surface area contributed by atoms with Crippen molar-refractivity contribution in [1.82, 2.24) is 10.2 Å². The zero-order chi connectivity index (χ0) is 11.0. The monoisotopic (exact) mass is 216 g/mol. The fraction of sp³-hybridized carbons (Fsp3) is 0.462. The molecule has 1 N–H and O–H groups in total. The molecule has 84 valence electrons. The van der Waals surface area contributed by atoms with Crippen molar-refractivity contribution >= 4 is 5.91 Å². The number of rotatable bonds is 2. The molecule has 1 atom stereocenters. The molecule has 0 spiro atoms. The van der Waals surface area contributed by atoms with E-state index in [0.717, 1.165) is 5.56 Å². The molecule has 1 aliphatic heterocycles. The number of hydrogen-bond acceptors (Lipinski definition) is 2. The van der Waals surface area contributed by atoms with E-state index in [1.165, 1.54) is 19.3 Å². The molecule has 3 rings (SSSR count). The van der Waals surface area contributed by atoms with E-state index in [9.17, 15) is 4.79 Å². The molecule has 2 aliphatic rings. The number of carbonyl (C=O) groups excluding carboxylic acids is 1. The molecular formula is C13H16N2O. The van der Waals surface area contributed by atoms with Crippen LogP contribution in [0.5, 0.6) is 0 Å². The first-order valence-corrected chi connectivity index (χ1v) is 5.95. The van der Waals surface area contributed by atoms with Gasteiger partial charge in [0.15, 0.2) is 0 Å². The zero-order valence-corrected chi connectivity index (χ0v) is 9.23. The highest BCUT2D eigenvalue weighted by Crippen LogP contribution is 2.30. The van der Waals surface area contributed by atoms with Crippen molar-refractivity contribution < 1.29 is 4.79 Å². The molecule has 16 heavy (non-hydrogen) atoms. The lowest BCUT2D eigenvalue weighted by atomic mass is 9.91. The fourth-order valence-corrected chi connectivity index (χ4v) is 2.43. The van der Waals surface area contributed by atoms with Crippen molar-refractivity contribution in [1.29, 1.82) is 0 Å². The molecule has 1 unspecified atom stereocenters. The maximum absolute atomic E-state index is 12.2. The number of nitrogens with one attached hydrogen (secondary N) is 1. The molecule has 1 saturated heterocycles. The van der Waals surface area contributed by atoms with Crippen molar-refractivity contribution in [2.45, 2.75) is 31.3 Å². The van der Waals surface area contributed by atoms with E-state index >= 15 is 0 Å². The Morgan fingerprint density at radius 2 is 1.94 bits per heavy atom. The van der Waals surface area contributed by atoms with Crippen LogP contribution in [0.25, 0.3) is 0 Å². The van der Waals surface area contributed by atoms with Gasteiger partial charge in [0.25, 0.3) is 0 Å². The Kier molecular flexibility index (Phi) is 2.40.